The Morgan fingerprint density at radius 1 is 0.808 bits per heavy atom. The smallest absolute Gasteiger partial charge is 0.338 e. The van der Waals surface area contributed by atoms with E-state index in [-0.39, 0.29) is 35.7 Å². The first-order chi connectivity index (χ1) is 12.5. The van der Waals surface area contributed by atoms with E-state index in [2.05, 4.69) is 10.2 Å². The summed E-state index contributed by atoms with van der Waals surface area (Å²) in [4.78, 5) is 23.1. The standard InChI is InChI=1S/C18H16F2N2O4/c1-3-25-17(23)11-5-7-15(13(19)9-11)21-22-16-8-6-12(10-14(16)20)18(24)26-4-2/h5-10H,3-4H2,1-2H3. The minimum absolute atomic E-state index is 0.0354. The number of hydrogen-bond acceptors (Lipinski definition) is 6. The molecule has 2 aromatic carbocycles. The third-order valence-corrected chi connectivity index (χ3v) is 3.18. The van der Waals surface area contributed by atoms with Gasteiger partial charge in [0.1, 0.15) is 11.4 Å². The lowest BCUT2D eigenvalue weighted by Crippen LogP contribution is -2.04. The molecule has 26 heavy (non-hydrogen) atoms. The summed E-state index contributed by atoms with van der Waals surface area (Å²) in [5.41, 5.74) is -0.277. The average molecular weight is 362 g/mol. The summed E-state index contributed by atoms with van der Waals surface area (Å²) in [5.74, 6) is -2.92. The van der Waals surface area contributed by atoms with Crippen LogP contribution in [0.2, 0.25) is 0 Å². The number of benzene rings is 2. The second-order valence-corrected chi connectivity index (χ2v) is 4.97. The fourth-order valence-corrected chi connectivity index (χ4v) is 1.97. The summed E-state index contributed by atoms with van der Waals surface area (Å²) in [5, 5.41) is 7.27. The molecule has 0 atom stereocenters. The van der Waals surface area contributed by atoms with Crippen LogP contribution in [0.3, 0.4) is 0 Å². The Morgan fingerprint density at radius 2 is 1.19 bits per heavy atom. The lowest BCUT2D eigenvalue weighted by atomic mass is 10.2. The number of hydrogen-bond donors (Lipinski definition) is 0. The maximum absolute atomic E-state index is 14.0. The number of nitrogens with zero attached hydrogens (tertiary/aromatic N) is 2. The molecule has 0 aromatic heterocycles. The molecule has 0 radical (unpaired) electrons. The van der Waals surface area contributed by atoms with Crippen LogP contribution in [0.25, 0.3) is 0 Å². The zero-order valence-electron chi connectivity index (χ0n) is 14.2. The maximum Gasteiger partial charge on any atom is 0.338 e. The van der Waals surface area contributed by atoms with Gasteiger partial charge in [0.05, 0.1) is 24.3 Å². The predicted molar refractivity (Wildman–Crippen MR) is 88.9 cm³/mol. The van der Waals surface area contributed by atoms with Gasteiger partial charge in [0.15, 0.2) is 11.6 Å². The summed E-state index contributed by atoms with van der Waals surface area (Å²) in [6.07, 6.45) is 0. The average Bonchev–Trinajstić information content (AvgIpc) is 2.61. The third-order valence-electron chi connectivity index (χ3n) is 3.18. The molecule has 6 nitrogen and oxygen atoms in total. The first-order valence-corrected chi connectivity index (χ1v) is 7.81. The number of azo groups is 1. The van der Waals surface area contributed by atoms with Crippen LogP contribution in [0, 0.1) is 11.6 Å². The van der Waals surface area contributed by atoms with Crippen molar-refractivity contribution >= 4 is 23.3 Å². The molecule has 0 saturated heterocycles. The molecule has 2 aromatic rings. The first kappa shape index (κ1) is 19.2. The van der Waals surface area contributed by atoms with Crippen molar-refractivity contribution in [2.45, 2.75) is 13.8 Å². The van der Waals surface area contributed by atoms with Gasteiger partial charge in [-0.25, -0.2) is 18.4 Å². The van der Waals surface area contributed by atoms with Crippen molar-refractivity contribution < 1.29 is 27.8 Å². The Kier molecular flexibility index (Phi) is 6.48. The highest BCUT2D eigenvalue weighted by Gasteiger charge is 2.12. The zero-order valence-corrected chi connectivity index (χ0v) is 14.2. The zero-order chi connectivity index (χ0) is 19.1. The molecule has 0 unspecified atom stereocenters. The largest absolute Gasteiger partial charge is 0.462 e. The first-order valence-electron chi connectivity index (χ1n) is 7.81. The normalized spacial score (nSPS) is 10.8. The SMILES string of the molecule is CCOC(=O)c1ccc(N=Nc2ccc(C(=O)OCC)cc2F)c(F)c1. The number of esters is 2. The minimum atomic E-state index is -0.803. The van der Waals surface area contributed by atoms with Gasteiger partial charge in [0.25, 0.3) is 0 Å². The summed E-state index contributed by atoms with van der Waals surface area (Å²) < 4.78 is 37.5. The van der Waals surface area contributed by atoms with E-state index in [1.54, 1.807) is 13.8 Å². The Labute approximate surface area is 148 Å². The molecule has 0 saturated carbocycles. The maximum atomic E-state index is 14.0. The van der Waals surface area contributed by atoms with E-state index in [0.29, 0.717) is 0 Å². The number of halogens is 2. The molecule has 0 bridgehead atoms. The van der Waals surface area contributed by atoms with Crippen molar-refractivity contribution in [3.05, 3.63) is 59.2 Å². The van der Waals surface area contributed by atoms with Crippen molar-refractivity contribution in [3.8, 4) is 0 Å². The van der Waals surface area contributed by atoms with E-state index < -0.39 is 23.6 Å². The lowest BCUT2D eigenvalue weighted by molar-refractivity contribution is 0.0516. The molecule has 0 N–H and O–H groups in total. The van der Waals surface area contributed by atoms with Gasteiger partial charge < -0.3 is 9.47 Å². The van der Waals surface area contributed by atoms with Crippen LogP contribution in [-0.4, -0.2) is 25.2 Å². The quantitative estimate of drug-likeness (QED) is 0.550. The van der Waals surface area contributed by atoms with Gasteiger partial charge in [-0.3, -0.25) is 0 Å². The van der Waals surface area contributed by atoms with E-state index in [1.807, 2.05) is 0 Å². The summed E-state index contributed by atoms with van der Waals surface area (Å²) in [6.45, 7) is 3.61. The Bertz CT molecular complexity index is 784. The van der Waals surface area contributed by atoms with E-state index in [9.17, 15) is 18.4 Å². The van der Waals surface area contributed by atoms with Crippen molar-refractivity contribution in [1.29, 1.82) is 0 Å². The number of carbonyl (C=O) groups is 2. The Balaban J connectivity index is 2.19. The number of rotatable bonds is 6. The highest BCUT2D eigenvalue weighted by molar-refractivity contribution is 5.90. The van der Waals surface area contributed by atoms with Crippen molar-refractivity contribution in [2.24, 2.45) is 10.2 Å². The predicted octanol–water partition coefficient (Wildman–Crippen LogP) is 4.73. The van der Waals surface area contributed by atoms with Crippen molar-refractivity contribution in [3.63, 3.8) is 0 Å². The molecule has 0 aliphatic rings. The minimum Gasteiger partial charge on any atom is -0.462 e. The second kappa shape index (κ2) is 8.80. The molecule has 8 heteroatoms. The number of carbonyl (C=O) groups excluding carboxylic acids is 2. The van der Waals surface area contributed by atoms with Crippen LogP contribution >= 0.6 is 0 Å². The molecule has 2 rings (SSSR count). The van der Waals surface area contributed by atoms with Crippen LogP contribution in [-0.2, 0) is 9.47 Å². The van der Waals surface area contributed by atoms with Gasteiger partial charge in [0, 0.05) is 0 Å². The molecule has 0 fully saturated rings. The van der Waals surface area contributed by atoms with E-state index in [1.165, 1.54) is 24.3 Å². The van der Waals surface area contributed by atoms with Crippen LogP contribution in [0.5, 0.6) is 0 Å². The van der Waals surface area contributed by atoms with Gasteiger partial charge in [-0.05, 0) is 50.2 Å². The molecular weight excluding hydrogens is 346 g/mol. The topological polar surface area (TPSA) is 77.3 Å². The van der Waals surface area contributed by atoms with Gasteiger partial charge in [-0.1, -0.05) is 0 Å². The molecular formula is C18H16F2N2O4. The second-order valence-electron chi connectivity index (χ2n) is 4.97. The summed E-state index contributed by atoms with van der Waals surface area (Å²) in [6, 6.07) is 7.05. The van der Waals surface area contributed by atoms with Gasteiger partial charge >= 0.3 is 11.9 Å². The summed E-state index contributed by atoms with van der Waals surface area (Å²) in [7, 11) is 0. The van der Waals surface area contributed by atoms with Crippen LogP contribution in [0.15, 0.2) is 46.6 Å². The number of ether oxygens (including phenoxy) is 2. The highest BCUT2D eigenvalue weighted by Crippen LogP contribution is 2.25. The highest BCUT2D eigenvalue weighted by atomic mass is 19.1. The fraction of sp³-hybridized carbons (Fsp3) is 0.222. The molecule has 0 aliphatic heterocycles. The molecule has 0 heterocycles. The molecule has 136 valence electrons. The molecule has 0 amide bonds. The van der Waals surface area contributed by atoms with Crippen LogP contribution in [0.4, 0.5) is 20.2 Å². The van der Waals surface area contributed by atoms with Crippen molar-refractivity contribution in [1.82, 2.24) is 0 Å². The Morgan fingerprint density at radius 3 is 1.50 bits per heavy atom. The molecule has 0 spiro atoms. The lowest BCUT2D eigenvalue weighted by Gasteiger charge is -2.04. The molecule has 0 aliphatic carbocycles. The Hall–Kier alpha value is -3.16. The van der Waals surface area contributed by atoms with E-state index in [4.69, 9.17) is 9.47 Å². The van der Waals surface area contributed by atoms with Crippen LogP contribution < -0.4 is 0 Å². The monoisotopic (exact) mass is 362 g/mol. The third kappa shape index (κ3) is 4.69. The van der Waals surface area contributed by atoms with Crippen molar-refractivity contribution in [2.75, 3.05) is 13.2 Å². The van der Waals surface area contributed by atoms with Gasteiger partial charge in [0.2, 0.25) is 0 Å². The van der Waals surface area contributed by atoms with Gasteiger partial charge in [-0.15, -0.1) is 10.2 Å². The van der Waals surface area contributed by atoms with E-state index in [0.717, 1.165) is 12.1 Å². The van der Waals surface area contributed by atoms with E-state index >= 15 is 0 Å². The van der Waals surface area contributed by atoms with Crippen LogP contribution in [0.1, 0.15) is 34.6 Å². The van der Waals surface area contributed by atoms with Gasteiger partial charge in [-0.2, -0.15) is 0 Å². The summed E-state index contributed by atoms with van der Waals surface area (Å²) >= 11 is 0. The fourth-order valence-electron chi connectivity index (χ4n) is 1.97.